The minimum atomic E-state index is 0.333. The van der Waals surface area contributed by atoms with E-state index in [1.165, 1.54) is 32.4 Å². The van der Waals surface area contributed by atoms with Crippen LogP contribution in [0.15, 0.2) is 0 Å². The van der Waals surface area contributed by atoms with Crippen LogP contribution in [-0.4, -0.2) is 48.9 Å². The van der Waals surface area contributed by atoms with Gasteiger partial charge in [-0.25, -0.2) is 0 Å². The summed E-state index contributed by atoms with van der Waals surface area (Å²) in [7, 11) is 2.32. The van der Waals surface area contributed by atoms with E-state index >= 15 is 0 Å². The molecule has 0 aromatic rings. The Morgan fingerprint density at radius 3 is 2.14 bits per heavy atom. The van der Waals surface area contributed by atoms with Crippen molar-refractivity contribution in [2.75, 3.05) is 33.2 Å². The van der Waals surface area contributed by atoms with Crippen LogP contribution in [0.1, 0.15) is 51.9 Å². The van der Waals surface area contributed by atoms with Gasteiger partial charge in [-0.2, -0.15) is 0 Å². The van der Waals surface area contributed by atoms with Crippen LogP contribution in [0.3, 0.4) is 0 Å². The molecule has 0 unspecified atom stereocenters. The zero-order chi connectivity index (χ0) is 15.3. The van der Waals surface area contributed by atoms with Crippen LogP contribution in [0.5, 0.6) is 0 Å². The Bertz CT molecular complexity index is 405. The number of carbonyl (C=O) groups is 1. The fourth-order valence-electron chi connectivity index (χ4n) is 6.67. The van der Waals surface area contributed by atoms with Gasteiger partial charge in [-0.3, -0.25) is 4.79 Å². The molecule has 1 amide bonds. The summed E-state index contributed by atoms with van der Waals surface area (Å²) in [6.07, 6.45) is 9.81. The van der Waals surface area contributed by atoms with E-state index in [4.69, 9.17) is 0 Å². The van der Waals surface area contributed by atoms with Crippen molar-refractivity contribution in [1.29, 1.82) is 0 Å². The number of rotatable bonds is 5. The van der Waals surface area contributed by atoms with Gasteiger partial charge in [0.1, 0.15) is 0 Å². The molecular formula is C19H32N2O. The predicted octanol–water partition coefficient (Wildman–Crippen LogP) is 3.00. The zero-order valence-corrected chi connectivity index (χ0v) is 14.4. The molecule has 1 heterocycles. The lowest BCUT2D eigenvalue weighted by Gasteiger charge is -2.58. The Morgan fingerprint density at radius 2 is 1.64 bits per heavy atom. The highest BCUT2D eigenvalue weighted by Crippen LogP contribution is 2.60. The SMILES string of the molecule is CCC(=O)N1CC(CN(C)CC23CC4CC(CC(C4)C2)C3)C1. The Balaban J connectivity index is 1.28. The molecule has 1 aliphatic heterocycles. The summed E-state index contributed by atoms with van der Waals surface area (Å²) in [5.74, 6) is 4.22. The highest BCUT2D eigenvalue weighted by atomic mass is 16.2. The largest absolute Gasteiger partial charge is 0.342 e. The molecule has 0 N–H and O–H groups in total. The van der Waals surface area contributed by atoms with Crippen LogP contribution < -0.4 is 0 Å². The molecule has 4 aliphatic carbocycles. The minimum absolute atomic E-state index is 0.333. The third-order valence-electron chi connectivity index (χ3n) is 6.95. The number of amides is 1. The van der Waals surface area contributed by atoms with Crippen molar-refractivity contribution in [3.63, 3.8) is 0 Å². The third kappa shape index (κ3) is 2.70. The van der Waals surface area contributed by atoms with Crippen LogP contribution in [0.2, 0.25) is 0 Å². The zero-order valence-electron chi connectivity index (χ0n) is 14.4. The Morgan fingerprint density at radius 1 is 1.09 bits per heavy atom. The first kappa shape index (κ1) is 15.0. The summed E-state index contributed by atoms with van der Waals surface area (Å²) < 4.78 is 0. The molecule has 22 heavy (non-hydrogen) atoms. The lowest BCUT2D eigenvalue weighted by molar-refractivity contribution is -0.137. The van der Waals surface area contributed by atoms with Gasteiger partial charge in [-0.15, -0.1) is 0 Å². The maximum atomic E-state index is 11.6. The lowest BCUT2D eigenvalue weighted by atomic mass is 9.49. The van der Waals surface area contributed by atoms with Gasteiger partial charge in [0.25, 0.3) is 0 Å². The number of nitrogens with zero attached hydrogens (tertiary/aromatic N) is 2. The molecule has 4 saturated carbocycles. The van der Waals surface area contributed by atoms with E-state index in [1.807, 2.05) is 11.8 Å². The maximum Gasteiger partial charge on any atom is 0.222 e. The lowest BCUT2D eigenvalue weighted by Crippen LogP contribution is -2.55. The second kappa shape index (κ2) is 5.51. The van der Waals surface area contributed by atoms with E-state index in [9.17, 15) is 4.79 Å². The average Bonchev–Trinajstić information content (AvgIpc) is 2.39. The average molecular weight is 304 g/mol. The Hall–Kier alpha value is -0.570. The first-order valence-corrected chi connectivity index (χ1v) is 9.51. The fourth-order valence-corrected chi connectivity index (χ4v) is 6.67. The maximum absolute atomic E-state index is 11.6. The quantitative estimate of drug-likeness (QED) is 0.779. The van der Waals surface area contributed by atoms with Gasteiger partial charge < -0.3 is 9.80 Å². The van der Waals surface area contributed by atoms with Gasteiger partial charge in [0.15, 0.2) is 0 Å². The number of likely N-dealkylation sites (tertiary alicyclic amines) is 1. The van der Waals surface area contributed by atoms with Gasteiger partial charge >= 0.3 is 0 Å². The monoisotopic (exact) mass is 304 g/mol. The van der Waals surface area contributed by atoms with Crippen LogP contribution >= 0.6 is 0 Å². The molecule has 4 bridgehead atoms. The second-order valence-corrected chi connectivity index (χ2v) is 9.13. The van der Waals surface area contributed by atoms with E-state index < -0.39 is 0 Å². The first-order valence-electron chi connectivity index (χ1n) is 9.51. The molecule has 0 radical (unpaired) electrons. The molecule has 0 atom stereocenters. The van der Waals surface area contributed by atoms with Crippen LogP contribution in [0.25, 0.3) is 0 Å². The molecular weight excluding hydrogens is 272 g/mol. The van der Waals surface area contributed by atoms with Crippen molar-refractivity contribution in [2.45, 2.75) is 51.9 Å². The van der Waals surface area contributed by atoms with Crippen molar-refractivity contribution in [1.82, 2.24) is 9.80 Å². The molecule has 1 saturated heterocycles. The van der Waals surface area contributed by atoms with Crippen molar-refractivity contribution >= 4 is 5.91 Å². The topological polar surface area (TPSA) is 23.6 Å². The van der Waals surface area contributed by atoms with Crippen molar-refractivity contribution in [3.8, 4) is 0 Å². The molecule has 5 rings (SSSR count). The van der Waals surface area contributed by atoms with Crippen molar-refractivity contribution < 1.29 is 4.79 Å². The van der Waals surface area contributed by atoms with Gasteiger partial charge in [0, 0.05) is 38.5 Å². The molecule has 3 heteroatoms. The van der Waals surface area contributed by atoms with Crippen molar-refractivity contribution in [3.05, 3.63) is 0 Å². The molecule has 5 aliphatic rings. The summed E-state index contributed by atoms with van der Waals surface area (Å²) >= 11 is 0. The molecule has 124 valence electrons. The fraction of sp³-hybridized carbons (Fsp3) is 0.947. The normalized spacial score (nSPS) is 40.3. The number of carbonyl (C=O) groups excluding carboxylic acids is 1. The van der Waals surface area contributed by atoms with Gasteiger partial charge in [0.2, 0.25) is 5.91 Å². The minimum Gasteiger partial charge on any atom is -0.342 e. The van der Waals surface area contributed by atoms with E-state index in [2.05, 4.69) is 11.9 Å². The van der Waals surface area contributed by atoms with Crippen LogP contribution in [-0.2, 0) is 4.79 Å². The smallest absolute Gasteiger partial charge is 0.222 e. The Labute approximate surface area is 135 Å². The highest BCUT2D eigenvalue weighted by Gasteiger charge is 2.51. The van der Waals surface area contributed by atoms with Crippen LogP contribution in [0.4, 0.5) is 0 Å². The number of hydrogen-bond donors (Lipinski definition) is 0. The van der Waals surface area contributed by atoms with Gasteiger partial charge in [-0.05, 0) is 68.7 Å². The highest BCUT2D eigenvalue weighted by molar-refractivity contribution is 5.76. The van der Waals surface area contributed by atoms with Crippen LogP contribution in [0, 0.1) is 29.1 Å². The molecule has 0 spiro atoms. The summed E-state index contributed by atoms with van der Waals surface area (Å²) in [6.45, 7) is 6.47. The molecule has 5 fully saturated rings. The van der Waals surface area contributed by atoms with E-state index in [1.54, 1.807) is 19.3 Å². The van der Waals surface area contributed by atoms with Gasteiger partial charge in [-0.1, -0.05) is 6.92 Å². The third-order valence-corrected chi connectivity index (χ3v) is 6.95. The van der Waals surface area contributed by atoms with E-state index in [0.717, 1.165) is 36.8 Å². The summed E-state index contributed by atoms with van der Waals surface area (Å²) in [4.78, 5) is 16.3. The Kier molecular flexibility index (Phi) is 3.75. The summed E-state index contributed by atoms with van der Waals surface area (Å²) in [5.41, 5.74) is 0.659. The molecule has 0 aromatic carbocycles. The van der Waals surface area contributed by atoms with Gasteiger partial charge in [0.05, 0.1) is 0 Å². The van der Waals surface area contributed by atoms with E-state index in [-0.39, 0.29) is 0 Å². The van der Waals surface area contributed by atoms with E-state index in [0.29, 0.717) is 17.7 Å². The second-order valence-electron chi connectivity index (χ2n) is 9.13. The predicted molar refractivity (Wildman–Crippen MR) is 88.5 cm³/mol. The summed E-state index contributed by atoms with van der Waals surface area (Å²) in [5, 5.41) is 0. The number of hydrogen-bond acceptors (Lipinski definition) is 2. The standard InChI is InChI=1S/C19H32N2O/c1-3-18(22)21-11-17(12-21)10-20(2)13-19-7-14-4-15(8-19)6-16(5-14)9-19/h14-17H,3-13H2,1-2H3. The summed E-state index contributed by atoms with van der Waals surface area (Å²) in [6, 6.07) is 0. The molecule has 3 nitrogen and oxygen atoms in total. The first-order chi connectivity index (χ1) is 10.5. The van der Waals surface area contributed by atoms with Crippen molar-refractivity contribution in [2.24, 2.45) is 29.1 Å². The molecule has 0 aromatic heterocycles.